The minimum absolute atomic E-state index is 0.107. The van der Waals surface area contributed by atoms with E-state index in [9.17, 15) is 4.79 Å². The van der Waals surface area contributed by atoms with Crippen molar-refractivity contribution in [2.75, 3.05) is 26.9 Å². The summed E-state index contributed by atoms with van der Waals surface area (Å²) >= 11 is 0. The van der Waals surface area contributed by atoms with Crippen LogP contribution in [0, 0.1) is 51.7 Å². The molecule has 0 aromatic rings. The number of ketones is 1. The van der Waals surface area contributed by atoms with Crippen LogP contribution in [0.5, 0.6) is 0 Å². The summed E-state index contributed by atoms with van der Waals surface area (Å²) in [6.45, 7) is 10.6. The Bertz CT molecular complexity index is 696. The number of nitrogens with two attached hydrogens (primary N) is 1. The topological polar surface area (TPSA) is 99.6 Å². The lowest BCUT2D eigenvalue weighted by molar-refractivity contribution is -0.157. The quantitative estimate of drug-likeness (QED) is 0.230. The van der Waals surface area contributed by atoms with Crippen molar-refractivity contribution in [3.8, 4) is 0 Å². The van der Waals surface area contributed by atoms with Crippen LogP contribution in [0.4, 0.5) is 0 Å². The number of rotatable bonds is 6. The third-order valence-electron chi connectivity index (χ3n) is 10.3. The van der Waals surface area contributed by atoms with E-state index in [2.05, 4.69) is 20.8 Å². The van der Waals surface area contributed by atoms with Crippen molar-refractivity contribution in [1.29, 1.82) is 5.41 Å². The molecule has 0 radical (unpaired) electrons. The van der Waals surface area contributed by atoms with Crippen LogP contribution in [-0.2, 0) is 9.53 Å². The van der Waals surface area contributed by atoms with Gasteiger partial charge in [-0.15, -0.1) is 0 Å². The molecule has 8 atom stereocenters. The monoisotopic (exact) mass is 463 g/mol. The molecule has 4 aliphatic carbocycles. The molecule has 4 fully saturated rings. The molecule has 0 saturated heterocycles. The number of Topliss-reactive ketones (excluding diaryl/α,β-unsaturated/α-hetero) is 1. The maximum Gasteiger partial charge on any atom is 0.157 e. The number of ether oxygens (including phenoxy) is 1. The highest BCUT2D eigenvalue weighted by molar-refractivity contribution is 5.88. The highest BCUT2D eigenvalue weighted by Gasteiger charge is 2.62. The average Bonchev–Trinajstić information content (AvgIpc) is 3.16. The van der Waals surface area contributed by atoms with E-state index in [0.29, 0.717) is 11.3 Å². The number of hydrogen-bond donors (Lipinski definition) is 3. The summed E-state index contributed by atoms with van der Waals surface area (Å²) in [6.07, 6.45) is 11.4. The Morgan fingerprint density at radius 2 is 1.85 bits per heavy atom. The second-order valence-electron chi connectivity index (χ2n) is 11.8. The van der Waals surface area contributed by atoms with E-state index in [1.165, 1.54) is 56.4 Å². The lowest BCUT2D eigenvalue weighted by atomic mass is 9.44. The van der Waals surface area contributed by atoms with Crippen molar-refractivity contribution in [1.82, 2.24) is 5.01 Å². The van der Waals surface area contributed by atoms with Crippen LogP contribution >= 0.6 is 0 Å². The van der Waals surface area contributed by atoms with Gasteiger partial charge >= 0.3 is 0 Å². The van der Waals surface area contributed by atoms with Crippen LogP contribution in [-0.4, -0.2) is 48.6 Å². The van der Waals surface area contributed by atoms with Gasteiger partial charge in [0.05, 0.1) is 13.2 Å². The van der Waals surface area contributed by atoms with Gasteiger partial charge in [-0.2, -0.15) is 0 Å². The number of hydrogen-bond acceptors (Lipinski definition) is 5. The Morgan fingerprint density at radius 1 is 1.12 bits per heavy atom. The second kappa shape index (κ2) is 10.7. The van der Waals surface area contributed by atoms with E-state index in [1.807, 2.05) is 0 Å². The van der Waals surface area contributed by atoms with Gasteiger partial charge < -0.3 is 9.84 Å². The number of nitrogens with zero attached hydrogens (tertiary/aromatic N) is 1. The summed E-state index contributed by atoms with van der Waals surface area (Å²) in [5, 5.41) is 16.0. The van der Waals surface area contributed by atoms with Gasteiger partial charge in [0, 0.05) is 19.6 Å². The lowest BCUT2D eigenvalue weighted by Gasteiger charge is -2.62. The number of carbonyl (C=O) groups is 1. The highest BCUT2D eigenvalue weighted by atomic mass is 16.5. The van der Waals surface area contributed by atoms with Crippen molar-refractivity contribution in [2.24, 2.45) is 52.2 Å². The molecule has 0 aromatic heterocycles. The molecule has 0 amide bonds. The third-order valence-corrected chi connectivity index (χ3v) is 10.3. The average molecular weight is 464 g/mol. The molecule has 4 N–H and O–H groups in total. The fraction of sp³-hybridized carbons (Fsp3) is 0.926. The van der Waals surface area contributed by atoms with Crippen LogP contribution in [0.2, 0.25) is 0 Å². The summed E-state index contributed by atoms with van der Waals surface area (Å²) in [5.74, 6) is 10.4. The van der Waals surface area contributed by atoms with Crippen LogP contribution in [0.25, 0.3) is 0 Å². The molecule has 0 bridgehead atoms. The zero-order valence-corrected chi connectivity index (χ0v) is 21.7. The number of hydrazine groups is 1. The van der Waals surface area contributed by atoms with E-state index in [4.69, 9.17) is 21.1 Å². The summed E-state index contributed by atoms with van der Waals surface area (Å²) in [6, 6.07) is 0. The van der Waals surface area contributed by atoms with Crippen LogP contribution in [0.3, 0.4) is 0 Å². The van der Waals surface area contributed by atoms with E-state index < -0.39 is 0 Å². The first-order chi connectivity index (χ1) is 15.7. The van der Waals surface area contributed by atoms with Gasteiger partial charge in [-0.25, -0.2) is 5.84 Å². The van der Waals surface area contributed by atoms with Gasteiger partial charge in [0.25, 0.3) is 0 Å². The standard InChI is InChI=1S/C26H45N3O2.CH4O/c1-5-31-16-26-13-10-17(2)14-19(26)6-7-20-21-8-9-23(24(30)15-29(28)18(3)27)25(21,4)12-11-22(20)26;1-2/h17,19-23,27H,5-16,28H2,1-4H3;2H,1H3. The maximum absolute atomic E-state index is 13.2. The van der Waals surface area contributed by atoms with Crippen molar-refractivity contribution in [3.63, 3.8) is 0 Å². The van der Waals surface area contributed by atoms with Gasteiger partial charge in [-0.3, -0.25) is 15.2 Å². The van der Waals surface area contributed by atoms with E-state index in [0.717, 1.165) is 50.4 Å². The van der Waals surface area contributed by atoms with Gasteiger partial charge in [0.15, 0.2) is 5.78 Å². The van der Waals surface area contributed by atoms with Crippen LogP contribution in [0.15, 0.2) is 0 Å². The zero-order valence-electron chi connectivity index (χ0n) is 21.7. The summed E-state index contributed by atoms with van der Waals surface area (Å²) in [4.78, 5) is 13.2. The summed E-state index contributed by atoms with van der Waals surface area (Å²) < 4.78 is 6.19. The van der Waals surface area contributed by atoms with Gasteiger partial charge in [-0.05, 0) is 106 Å². The Labute approximate surface area is 201 Å². The first kappa shape index (κ1) is 26.6. The fourth-order valence-electron chi connectivity index (χ4n) is 8.76. The molecule has 0 aliphatic heterocycles. The predicted octanol–water partition coefficient (Wildman–Crippen LogP) is 4.65. The van der Waals surface area contributed by atoms with Crippen LogP contribution < -0.4 is 5.84 Å². The molecule has 6 heteroatoms. The second-order valence-corrected chi connectivity index (χ2v) is 11.8. The molecule has 8 unspecified atom stereocenters. The highest BCUT2D eigenvalue weighted by Crippen LogP contribution is 2.68. The molecule has 4 aliphatic rings. The minimum atomic E-state index is 0.107. The van der Waals surface area contributed by atoms with E-state index in [1.54, 1.807) is 6.92 Å². The Kier molecular flexibility index (Phi) is 8.66. The predicted molar refractivity (Wildman–Crippen MR) is 133 cm³/mol. The number of aliphatic hydroxyl groups excluding tert-OH is 1. The lowest BCUT2D eigenvalue weighted by Crippen LogP contribution is -2.57. The Hall–Kier alpha value is -0.980. The van der Waals surface area contributed by atoms with Gasteiger partial charge in [0.1, 0.15) is 5.84 Å². The van der Waals surface area contributed by atoms with Crippen LogP contribution in [0.1, 0.15) is 85.5 Å². The van der Waals surface area contributed by atoms with Crippen molar-refractivity contribution in [2.45, 2.75) is 85.5 Å². The molecule has 190 valence electrons. The maximum atomic E-state index is 13.2. The fourth-order valence-corrected chi connectivity index (χ4v) is 8.76. The molecular weight excluding hydrogens is 414 g/mol. The third kappa shape index (κ3) is 4.77. The Morgan fingerprint density at radius 3 is 2.52 bits per heavy atom. The molecule has 6 nitrogen and oxygen atoms in total. The summed E-state index contributed by atoms with van der Waals surface area (Å²) in [7, 11) is 1.00. The normalized spacial score (nSPS) is 41.7. The molecule has 4 rings (SSSR count). The number of aliphatic hydroxyl groups is 1. The Balaban J connectivity index is 0.00000149. The van der Waals surface area contributed by atoms with Crippen molar-refractivity contribution in [3.05, 3.63) is 0 Å². The van der Waals surface area contributed by atoms with Crippen molar-refractivity contribution < 1.29 is 14.6 Å². The molecular formula is C27H49N3O3. The van der Waals surface area contributed by atoms with Gasteiger partial charge in [0.2, 0.25) is 0 Å². The largest absolute Gasteiger partial charge is 0.400 e. The first-order valence-electron chi connectivity index (χ1n) is 13.4. The minimum Gasteiger partial charge on any atom is -0.400 e. The number of nitrogens with one attached hydrogen (secondary N) is 1. The number of fused-ring (bicyclic) bond motifs is 5. The smallest absolute Gasteiger partial charge is 0.157 e. The van der Waals surface area contributed by atoms with Crippen molar-refractivity contribution >= 4 is 11.6 Å². The number of amidine groups is 1. The molecule has 0 spiro atoms. The molecule has 4 saturated carbocycles. The van der Waals surface area contributed by atoms with Gasteiger partial charge in [-0.1, -0.05) is 20.3 Å². The van der Waals surface area contributed by atoms with E-state index >= 15 is 0 Å². The van der Waals surface area contributed by atoms with E-state index in [-0.39, 0.29) is 29.5 Å². The molecule has 0 aromatic carbocycles. The molecule has 33 heavy (non-hydrogen) atoms. The zero-order chi connectivity index (χ0) is 24.4. The first-order valence-corrected chi connectivity index (χ1v) is 13.4. The SMILES string of the molecule is CCOCC12CCC(C)CC1CCC1C3CCC(C(=O)CN(N)C(C)=N)C3(C)CCC12.CO. The number of carbonyl (C=O) groups excluding carboxylic acids is 1. The summed E-state index contributed by atoms with van der Waals surface area (Å²) in [5.41, 5.74) is 0.483. The molecule has 0 heterocycles.